The van der Waals surface area contributed by atoms with E-state index in [4.69, 9.17) is 16.3 Å². The highest BCUT2D eigenvalue weighted by Gasteiger charge is 2.63. The van der Waals surface area contributed by atoms with Crippen LogP contribution in [0.15, 0.2) is 65.6 Å². The number of benzene rings is 3. The Labute approximate surface area is 243 Å². The molecule has 3 aromatic rings. The van der Waals surface area contributed by atoms with Crippen molar-refractivity contribution in [3.05, 3.63) is 82.4 Å². The lowest BCUT2D eigenvalue weighted by Crippen LogP contribution is -2.59. The van der Waals surface area contributed by atoms with E-state index in [1.807, 2.05) is 6.07 Å². The van der Waals surface area contributed by atoms with Crippen molar-refractivity contribution in [3.8, 4) is 17.6 Å². The molecule has 0 spiro atoms. The number of phenols is 1. The Balaban J connectivity index is 1.85. The maximum absolute atomic E-state index is 15.0. The normalized spacial score (nSPS) is 20.5. The zero-order chi connectivity index (χ0) is 29.7. The minimum atomic E-state index is -4.51. The van der Waals surface area contributed by atoms with E-state index in [9.17, 15) is 28.4 Å². The quantitative estimate of drug-likeness (QED) is 0.459. The van der Waals surface area contributed by atoms with Crippen LogP contribution in [0.4, 0.5) is 5.69 Å². The van der Waals surface area contributed by atoms with E-state index in [1.54, 1.807) is 19.0 Å². The van der Waals surface area contributed by atoms with Gasteiger partial charge in [0.2, 0.25) is 5.91 Å². The monoisotopic (exact) mass is 594 g/mol. The van der Waals surface area contributed by atoms with Crippen LogP contribution in [0, 0.1) is 11.3 Å². The molecule has 2 aliphatic heterocycles. The number of carbonyl (C=O) groups is 2. The molecule has 0 saturated carbocycles. The Hall–Kier alpha value is -4.11. The summed E-state index contributed by atoms with van der Waals surface area (Å²) in [6, 6.07) is 15.2. The third kappa shape index (κ3) is 4.30. The number of rotatable bonds is 6. The highest BCUT2D eigenvalue weighted by Crippen LogP contribution is 2.55. The maximum atomic E-state index is 15.0. The minimum absolute atomic E-state index is 0.0711. The lowest BCUT2D eigenvalue weighted by Gasteiger charge is -2.42. The Kier molecular flexibility index (Phi) is 7.19. The molecule has 0 aromatic heterocycles. The van der Waals surface area contributed by atoms with Crippen LogP contribution in [0.25, 0.3) is 0 Å². The molecule has 2 amide bonds. The molecule has 1 N–H and O–H groups in total. The molecule has 0 aliphatic carbocycles. The molecule has 0 bridgehead atoms. The number of phenolic OH excluding ortho intramolecular Hbond substituents is 1. The summed E-state index contributed by atoms with van der Waals surface area (Å²) in [5.74, 6) is -1.09. The van der Waals surface area contributed by atoms with E-state index < -0.39 is 27.5 Å². The van der Waals surface area contributed by atoms with Gasteiger partial charge in [-0.15, -0.1) is 0 Å². The first-order chi connectivity index (χ1) is 19.5. The summed E-state index contributed by atoms with van der Waals surface area (Å²) in [6.07, 6.45) is 1.00. The number of hydrogen-bond donors (Lipinski definition) is 1. The Morgan fingerprint density at radius 1 is 1.12 bits per heavy atom. The second-order valence-corrected chi connectivity index (χ2v) is 12.3. The first kappa shape index (κ1) is 28.4. The first-order valence-corrected chi connectivity index (χ1v) is 14.6. The van der Waals surface area contributed by atoms with E-state index in [2.05, 4.69) is 0 Å². The molecular formula is C29H27ClN4O6S. The number of anilines is 1. The van der Waals surface area contributed by atoms with Crippen LogP contribution in [0.3, 0.4) is 0 Å². The molecule has 10 nitrogen and oxygen atoms in total. The number of ether oxygens (including phenoxy) is 1. The van der Waals surface area contributed by atoms with Gasteiger partial charge in [-0.3, -0.25) is 14.5 Å². The smallest absolute Gasteiger partial charge is 0.271 e. The number of halogens is 1. The van der Waals surface area contributed by atoms with Gasteiger partial charge in [0.15, 0.2) is 5.54 Å². The summed E-state index contributed by atoms with van der Waals surface area (Å²) < 4.78 is 34.7. The first-order valence-electron chi connectivity index (χ1n) is 12.7. The lowest BCUT2D eigenvalue weighted by molar-refractivity contribution is -0.138. The molecule has 2 heterocycles. The van der Waals surface area contributed by atoms with Gasteiger partial charge in [-0.1, -0.05) is 11.6 Å². The number of aromatic hydroxyl groups is 1. The number of likely N-dealkylation sites (tertiary alicyclic amines) is 1. The van der Waals surface area contributed by atoms with Crippen LogP contribution in [0.2, 0.25) is 5.02 Å². The minimum Gasteiger partial charge on any atom is -0.508 e. The van der Waals surface area contributed by atoms with Gasteiger partial charge in [-0.2, -0.15) is 5.26 Å². The maximum Gasteiger partial charge on any atom is 0.271 e. The Morgan fingerprint density at radius 2 is 1.83 bits per heavy atom. The number of nitrogens with zero attached hydrogens (tertiary/aromatic N) is 4. The second kappa shape index (κ2) is 10.4. The molecule has 1 unspecified atom stereocenters. The van der Waals surface area contributed by atoms with Gasteiger partial charge in [0.25, 0.3) is 15.9 Å². The standard InChI is InChI=1S/C29H27ClN4O6S/c1-32(2)27(36)25-5-4-14-33(25)29(22-12-9-20(35)16-26(22)40-3)23-15-19(30)8-13-24(23)34(28(29)37)41(38,39)21-10-6-18(17-31)7-11-21/h6-13,15-16,25,35H,4-5,14H2,1-3H3/t25?,29-/m1/s1. The molecule has 12 heteroatoms. The zero-order valence-corrected chi connectivity index (χ0v) is 24.1. The number of fused-ring (bicyclic) bond motifs is 1. The highest BCUT2D eigenvalue weighted by atomic mass is 35.5. The fraction of sp³-hybridized carbons (Fsp3) is 0.276. The summed E-state index contributed by atoms with van der Waals surface area (Å²) in [6.45, 7) is 0.288. The van der Waals surface area contributed by atoms with E-state index in [0.29, 0.717) is 12.8 Å². The predicted octanol–water partition coefficient (Wildman–Crippen LogP) is 3.46. The summed E-state index contributed by atoms with van der Waals surface area (Å²) >= 11 is 6.48. The topological polar surface area (TPSA) is 131 Å². The van der Waals surface area contributed by atoms with Gasteiger partial charge in [-0.25, -0.2) is 12.7 Å². The van der Waals surface area contributed by atoms with Gasteiger partial charge in [0, 0.05) is 42.9 Å². The van der Waals surface area contributed by atoms with Gasteiger partial charge in [0.05, 0.1) is 35.4 Å². The average molecular weight is 595 g/mol. The third-order valence-corrected chi connectivity index (χ3v) is 9.51. The van der Waals surface area contributed by atoms with Crippen molar-refractivity contribution in [3.63, 3.8) is 0 Å². The summed E-state index contributed by atoms with van der Waals surface area (Å²) in [5, 5.41) is 19.7. The number of sulfonamides is 1. The van der Waals surface area contributed by atoms with Crippen LogP contribution in [0.5, 0.6) is 11.5 Å². The van der Waals surface area contributed by atoms with Crippen LogP contribution in [0.1, 0.15) is 29.5 Å². The molecule has 0 radical (unpaired) electrons. The average Bonchev–Trinajstić information content (AvgIpc) is 3.53. The largest absolute Gasteiger partial charge is 0.508 e. The van der Waals surface area contributed by atoms with Crippen molar-refractivity contribution in [2.24, 2.45) is 0 Å². The van der Waals surface area contributed by atoms with Crippen molar-refractivity contribution in [2.45, 2.75) is 29.3 Å². The molecule has 2 atom stereocenters. The summed E-state index contributed by atoms with van der Waals surface area (Å²) in [5.41, 5.74) is -1.01. The third-order valence-electron chi connectivity index (χ3n) is 7.57. The number of likely N-dealkylation sites (N-methyl/N-ethyl adjacent to an activating group) is 1. The van der Waals surface area contributed by atoms with Crippen LogP contribution in [-0.4, -0.2) is 68.9 Å². The number of hydrogen-bond acceptors (Lipinski definition) is 8. The Morgan fingerprint density at radius 3 is 2.46 bits per heavy atom. The van der Waals surface area contributed by atoms with Crippen molar-refractivity contribution in [1.82, 2.24) is 9.80 Å². The van der Waals surface area contributed by atoms with Gasteiger partial charge < -0.3 is 14.7 Å². The Bertz CT molecular complexity index is 1700. The van der Waals surface area contributed by atoms with Crippen LogP contribution >= 0.6 is 11.6 Å². The van der Waals surface area contributed by atoms with Crippen LogP contribution in [-0.2, 0) is 25.2 Å². The predicted molar refractivity (Wildman–Crippen MR) is 151 cm³/mol. The number of amides is 2. The van der Waals surface area contributed by atoms with Crippen molar-refractivity contribution in [2.75, 3.05) is 32.1 Å². The van der Waals surface area contributed by atoms with Crippen molar-refractivity contribution < 1.29 is 27.9 Å². The molecule has 41 heavy (non-hydrogen) atoms. The number of methoxy groups -OCH3 is 1. The van der Waals surface area contributed by atoms with Crippen molar-refractivity contribution in [1.29, 1.82) is 5.26 Å². The summed E-state index contributed by atoms with van der Waals surface area (Å²) in [7, 11) is 0.108. The van der Waals surface area contributed by atoms with Gasteiger partial charge >= 0.3 is 0 Å². The molecule has 1 saturated heterocycles. The molecule has 212 valence electrons. The molecule has 2 aliphatic rings. The van der Waals surface area contributed by atoms with E-state index in [1.165, 1.54) is 72.7 Å². The molecular weight excluding hydrogens is 568 g/mol. The van der Waals surface area contributed by atoms with Crippen molar-refractivity contribution >= 4 is 39.1 Å². The molecule has 3 aromatic carbocycles. The molecule has 5 rings (SSSR count). The number of carbonyl (C=O) groups excluding carboxylic acids is 2. The fourth-order valence-corrected chi connectivity index (χ4v) is 7.42. The van der Waals surface area contributed by atoms with E-state index >= 15 is 0 Å². The van der Waals surface area contributed by atoms with Gasteiger partial charge in [-0.05, 0) is 67.4 Å². The van der Waals surface area contributed by atoms with Crippen LogP contribution < -0.4 is 9.04 Å². The van der Waals surface area contributed by atoms with E-state index in [-0.39, 0.29) is 56.2 Å². The van der Waals surface area contributed by atoms with E-state index in [0.717, 1.165) is 4.31 Å². The zero-order valence-electron chi connectivity index (χ0n) is 22.5. The fourth-order valence-electron chi connectivity index (χ4n) is 5.79. The SMILES string of the molecule is COc1cc(O)ccc1[C@]1(N2CCCC2C(=O)N(C)C)C(=O)N(S(=O)(=O)c2ccc(C#N)cc2)c2ccc(Cl)cc21. The number of nitriles is 1. The molecule has 1 fully saturated rings. The lowest BCUT2D eigenvalue weighted by atomic mass is 9.80. The van der Waals surface area contributed by atoms with Gasteiger partial charge in [0.1, 0.15) is 11.5 Å². The summed E-state index contributed by atoms with van der Waals surface area (Å²) in [4.78, 5) is 31.4. The highest BCUT2D eigenvalue weighted by molar-refractivity contribution is 7.93. The second-order valence-electron chi connectivity index (χ2n) is 10.1.